The first-order chi connectivity index (χ1) is 9.20. The lowest BCUT2D eigenvalue weighted by atomic mass is 10.1. The smallest absolute Gasteiger partial charge is 0.224 e. The Kier molecular flexibility index (Phi) is 2.83. The molecule has 3 aromatic rings. The van der Waals surface area contributed by atoms with Crippen LogP contribution in [0.1, 0.15) is 0 Å². The summed E-state index contributed by atoms with van der Waals surface area (Å²) in [4.78, 5) is 8.20. The van der Waals surface area contributed by atoms with Gasteiger partial charge < -0.3 is 4.74 Å². The molecule has 0 fully saturated rings. The highest BCUT2D eigenvalue weighted by Gasteiger charge is 2.16. The molecule has 0 aliphatic carbocycles. The Morgan fingerprint density at radius 2 is 2.00 bits per heavy atom. The van der Waals surface area contributed by atoms with Crippen molar-refractivity contribution in [3.8, 4) is 17.1 Å². The molecule has 0 bridgehead atoms. The van der Waals surface area contributed by atoms with E-state index in [-0.39, 0.29) is 0 Å². The predicted molar refractivity (Wildman–Crippen MR) is 73.3 cm³/mol. The topological polar surface area (TPSA) is 52.8 Å². The highest BCUT2D eigenvalue weighted by atomic mass is 35.5. The number of halogens is 1. The van der Waals surface area contributed by atoms with Gasteiger partial charge in [-0.3, -0.25) is 4.68 Å². The lowest BCUT2D eigenvalue weighted by molar-refractivity contribution is 0.403. The highest BCUT2D eigenvalue weighted by Crippen LogP contribution is 2.33. The maximum absolute atomic E-state index is 5.93. The summed E-state index contributed by atoms with van der Waals surface area (Å²) in [6, 6.07) is 5.53. The number of nitrogens with zero attached hydrogens (tertiary/aromatic N) is 4. The summed E-state index contributed by atoms with van der Waals surface area (Å²) in [6.45, 7) is 0. The van der Waals surface area contributed by atoms with Gasteiger partial charge in [0.05, 0.1) is 18.0 Å². The normalized spacial score (nSPS) is 10.9. The van der Waals surface area contributed by atoms with Crippen LogP contribution in [0, 0.1) is 0 Å². The molecule has 0 unspecified atom stereocenters. The number of fused-ring (bicyclic) bond motifs is 1. The zero-order valence-corrected chi connectivity index (χ0v) is 11.2. The first kappa shape index (κ1) is 11.9. The number of hydrogen-bond acceptors (Lipinski definition) is 4. The van der Waals surface area contributed by atoms with Crippen molar-refractivity contribution in [3.05, 3.63) is 35.7 Å². The van der Waals surface area contributed by atoms with Crippen molar-refractivity contribution in [2.75, 3.05) is 7.11 Å². The second kappa shape index (κ2) is 4.51. The summed E-state index contributed by atoms with van der Waals surface area (Å²) in [5, 5.41) is 5.82. The summed E-state index contributed by atoms with van der Waals surface area (Å²) >= 11 is 5.93. The van der Waals surface area contributed by atoms with Crippen LogP contribution in [-0.2, 0) is 7.05 Å². The molecular weight excluding hydrogens is 264 g/mol. The van der Waals surface area contributed by atoms with Gasteiger partial charge in [-0.2, -0.15) is 5.10 Å². The standard InChI is InChI=1S/C13H11ClN4O/c1-18-9-4-6-16-13(19-2)11(9)12(17-18)8-3-5-15-10(14)7-8/h3-7H,1-2H3. The van der Waals surface area contributed by atoms with Crippen LogP contribution in [0.3, 0.4) is 0 Å². The van der Waals surface area contributed by atoms with Crippen molar-refractivity contribution in [1.82, 2.24) is 19.7 Å². The van der Waals surface area contributed by atoms with Crippen molar-refractivity contribution in [2.24, 2.45) is 7.05 Å². The van der Waals surface area contributed by atoms with Gasteiger partial charge in [0.2, 0.25) is 5.88 Å². The number of rotatable bonds is 2. The minimum atomic E-state index is 0.430. The Labute approximate surface area is 114 Å². The fourth-order valence-corrected chi connectivity index (χ4v) is 2.26. The van der Waals surface area contributed by atoms with Crippen molar-refractivity contribution in [1.29, 1.82) is 0 Å². The molecule has 96 valence electrons. The van der Waals surface area contributed by atoms with E-state index in [4.69, 9.17) is 16.3 Å². The zero-order valence-electron chi connectivity index (χ0n) is 10.5. The van der Waals surface area contributed by atoms with Gasteiger partial charge in [0.1, 0.15) is 10.8 Å². The number of aryl methyl sites for hydroxylation is 1. The van der Waals surface area contributed by atoms with Gasteiger partial charge >= 0.3 is 0 Å². The minimum absolute atomic E-state index is 0.430. The molecule has 19 heavy (non-hydrogen) atoms. The fraction of sp³-hybridized carbons (Fsp3) is 0.154. The van der Waals surface area contributed by atoms with Gasteiger partial charge in [-0.1, -0.05) is 11.6 Å². The maximum atomic E-state index is 5.93. The lowest BCUT2D eigenvalue weighted by Gasteiger charge is -2.02. The van der Waals surface area contributed by atoms with Crippen LogP contribution >= 0.6 is 11.6 Å². The Hall–Kier alpha value is -2.14. The van der Waals surface area contributed by atoms with Crippen LogP contribution in [0.2, 0.25) is 5.15 Å². The number of methoxy groups -OCH3 is 1. The summed E-state index contributed by atoms with van der Waals surface area (Å²) in [6.07, 6.45) is 3.35. The second-order valence-electron chi connectivity index (χ2n) is 4.05. The van der Waals surface area contributed by atoms with E-state index in [9.17, 15) is 0 Å². The van der Waals surface area contributed by atoms with E-state index >= 15 is 0 Å². The molecule has 0 aromatic carbocycles. The Bertz CT molecular complexity index is 753. The molecule has 0 N–H and O–H groups in total. The Balaban J connectivity index is 2.35. The van der Waals surface area contributed by atoms with Crippen molar-refractivity contribution < 1.29 is 4.74 Å². The number of ether oxygens (including phenoxy) is 1. The van der Waals surface area contributed by atoms with E-state index in [1.807, 2.05) is 19.2 Å². The average molecular weight is 275 g/mol. The van der Waals surface area contributed by atoms with E-state index in [2.05, 4.69) is 15.1 Å². The molecule has 3 heterocycles. The van der Waals surface area contributed by atoms with Crippen LogP contribution in [0.15, 0.2) is 30.6 Å². The summed E-state index contributed by atoms with van der Waals surface area (Å²) in [5.74, 6) is 0.550. The highest BCUT2D eigenvalue weighted by molar-refractivity contribution is 6.29. The van der Waals surface area contributed by atoms with E-state index in [0.29, 0.717) is 11.0 Å². The van der Waals surface area contributed by atoms with Crippen LogP contribution in [-0.4, -0.2) is 26.9 Å². The zero-order chi connectivity index (χ0) is 13.4. The largest absolute Gasteiger partial charge is 0.480 e. The number of pyridine rings is 2. The van der Waals surface area contributed by atoms with Crippen LogP contribution < -0.4 is 4.74 Å². The van der Waals surface area contributed by atoms with E-state index in [1.165, 1.54) is 0 Å². The second-order valence-corrected chi connectivity index (χ2v) is 4.44. The predicted octanol–water partition coefficient (Wildman–Crippen LogP) is 2.69. The van der Waals surface area contributed by atoms with Crippen LogP contribution in [0.5, 0.6) is 5.88 Å². The molecule has 0 aliphatic rings. The SMILES string of the molecule is COc1nccc2c1c(-c1ccnc(Cl)c1)nn2C. The molecular formula is C13H11ClN4O. The van der Waals surface area contributed by atoms with E-state index in [0.717, 1.165) is 22.2 Å². The molecule has 0 saturated carbocycles. The maximum Gasteiger partial charge on any atom is 0.224 e. The number of hydrogen-bond donors (Lipinski definition) is 0. The van der Waals surface area contributed by atoms with Gasteiger partial charge in [0.15, 0.2) is 0 Å². The van der Waals surface area contributed by atoms with E-state index in [1.54, 1.807) is 30.3 Å². The van der Waals surface area contributed by atoms with Gasteiger partial charge in [0, 0.05) is 25.0 Å². The van der Waals surface area contributed by atoms with Crippen molar-refractivity contribution in [2.45, 2.75) is 0 Å². The molecule has 3 aromatic heterocycles. The van der Waals surface area contributed by atoms with Crippen molar-refractivity contribution in [3.63, 3.8) is 0 Å². The first-order valence-electron chi connectivity index (χ1n) is 5.68. The molecule has 6 heteroatoms. The third kappa shape index (κ3) is 1.92. The first-order valence-corrected chi connectivity index (χ1v) is 6.06. The molecule has 0 radical (unpaired) electrons. The van der Waals surface area contributed by atoms with Crippen molar-refractivity contribution >= 4 is 22.5 Å². The summed E-state index contributed by atoms with van der Waals surface area (Å²) in [5.41, 5.74) is 2.62. The van der Waals surface area contributed by atoms with Gasteiger partial charge in [-0.25, -0.2) is 9.97 Å². The molecule has 0 saturated heterocycles. The fourth-order valence-electron chi connectivity index (χ4n) is 2.09. The molecule has 5 nitrogen and oxygen atoms in total. The molecule has 0 aliphatic heterocycles. The van der Waals surface area contributed by atoms with E-state index < -0.39 is 0 Å². The van der Waals surface area contributed by atoms with Gasteiger partial charge in [-0.15, -0.1) is 0 Å². The monoisotopic (exact) mass is 274 g/mol. The summed E-state index contributed by atoms with van der Waals surface area (Å²) in [7, 11) is 3.48. The lowest BCUT2D eigenvalue weighted by Crippen LogP contribution is -1.90. The van der Waals surface area contributed by atoms with Gasteiger partial charge in [-0.05, 0) is 18.2 Å². The number of aromatic nitrogens is 4. The van der Waals surface area contributed by atoms with Gasteiger partial charge in [0.25, 0.3) is 0 Å². The quantitative estimate of drug-likeness (QED) is 0.674. The Morgan fingerprint density at radius 3 is 2.74 bits per heavy atom. The molecule has 0 atom stereocenters. The molecule has 3 rings (SSSR count). The summed E-state index contributed by atoms with van der Waals surface area (Å²) < 4.78 is 7.11. The minimum Gasteiger partial charge on any atom is -0.480 e. The Morgan fingerprint density at radius 1 is 1.21 bits per heavy atom. The molecule has 0 amide bonds. The third-order valence-corrected chi connectivity index (χ3v) is 3.13. The van der Waals surface area contributed by atoms with Crippen LogP contribution in [0.25, 0.3) is 22.2 Å². The molecule has 0 spiro atoms. The third-order valence-electron chi connectivity index (χ3n) is 2.92. The average Bonchev–Trinajstić information content (AvgIpc) is 2.76. The van der Waals surface area contributed by atoms with Crippen LogP contribution in [0.4, 0.5) is 0 Å².